The van der Waals surface area contributed by atoms with E-state index in [4.69, 9.17) is 0 Å². The van der Waals surface area contributed by atoms with Crippen LogP contribution in [-0.2, 0) is 20.1 Å². The normalized spacial score (nSPS) is 10.8. The van der Waals surface area contributed by atoms with Gasteiger partial charge in [-0.2, -0.15) is 0 Å². The Labute approximate surface area is 103 Å². The number of nitrogens with one attached hydrogen (secondary N) is 1. The van der Waals surface area contributed by atoms with Gasteiger partial charge in [-0.3, -0.25) is 0 Å². The first-order valence-electron chi connectivity index (χ1n) is 5.90. The molecule has 0 saturated carbocycles. The Morgan fingerprint density at radius 2 is 2.00 bits per heavy atom. The lowest BCUT2D eigenvalue weighted by Crippen LogP contribution is -2.15. The van der Waals surface area contributed by atoms with Gasteiger partial charge in [0.2, 0.25) is 0 Å². The maximum absolute atomic E-state index is 4.28. The summed E-state index contributed by atoms with van der Waals surface area (Å²) in [6.45, 7) is 5.97. The van der Waals surface area contributed by atoms with Gasteiger partial charge >= 0.3 is 0 Å². The van der Waals surface area contributed by atoms with Gasteiger partial charge in [-0.1, -0.05) is 18.2 Å². The molecule has 0 bridgehead atoms. The first kappa shape index (κ1) is 11.9. The molecule has 0 amide bonds. The Balaban J connectivity index is 1.90. The quantitative estimate of drug-likeness (QED) is 0.872. The van der Waals surface area contributed by atoms with Gasteiger partial charge in [-0.15, -0.1) is 0 Å². The topological polar surface area (TPSA) is 29.9 Å². The van der Waals surface area contributed by atoms with Crippen molar-refractivity contribution in [2.24, 2.45) is 7.05 Å². The molecule has 3 heteroatoms. The monoisotopic (exact) mass is 229 g/mol. The highest BCUT2D eigenvalue weighted by Crippen LogP contribution is 2.09. The highest BCUT2D eigenvalue weighted by molar-refractivity contribution is 5.29. The Hall–Kier alpha value is -1.61. The van der Waals surface area contributed by atoms with Crippen molar-refractivity contribution in [2.45, 2.75) is 26.9 Å². The third-order valence-electron chi connectivity index (χ3n) is 3.10. The average molecular weight is 229 g/mol. The van der Waals surface area contributed by atoms with Gasteiger partial charge in [0, 0.05) is 26.0 Å². The Morgan fingerprint density at radius 3 is 2.65 bits per heavy atom. The fraction of sp³-hybridized carbons (Fsp3) is 0.357. The Kier molecular flexibility index (Phi) is 3.59. The van der Waals surface area contributed by atoms with Crippen molar-refractivity contribution in [1.29, 1.82) is 0 Å². The van der Waals surface area contributed by atoms with Crippen molar-refractivity contribution in [2.75, 3.05) is 0 Å². The fourth-order valence-electron chi connectivity index (χ4n) is 1.80. The van der Waals surface area contributed by atoms with Crippen molar-refractivity contribution in [3.63, 3.8) is 0 Å². The van der Waals surface area contributed by atoms with Crippen LogP contribution in [-0.4, -0.2) is 9.55 Å². The molecule has 90 valence electrons. The van der Waals surface area contributed by atoms with Crippen molar-refractivity contribution >= 4 is 0 Å². The smallest absolute Gasteiger partial charge is 0.122 e. The van der Waals surface area contributed by atoms with E-state index in [0.717, 1.165) is 18.9 Å². The molecule has 17 heavy (non-hydrogen) atoms. The molecule has 0 aliphatic rings. The molecule has 0 saturated heterocycles. The standard InChI is InChI=1S/C14H19N3/c1-11-4-5-13(8-12(11)2)9-15-10-14-16-6-7-17(14)3/h4-8,15H,9-10H2,1-3H3. The molecule has 0 unspecified atom stereocenters. The van der Waals surface area contributed by atoms with Crippen LogP contribution < -0.4 is 5.32 Å². The minimum Gasteiger partial charge on any atom is -0.337 e. The number of aromatic nitrogens is 2. The predicted octanol–water partition coefficient (Wildman–Crippen LogP) is 2.33. The summed E-state index contributed by atoms with van der Waals surface area (Å²) >= 11 is 0. The minimum atomic E-state index is 0.802. The van der Waals surface area contributed by atoms with E-state index in [2.05, 4.69) is 42.3 Å². The van der Waals surface area contributed by atoms with E-state index in [9.17, 15) is 0 Å². The van der Waals surface area contributed by atoms with Crippen LogP contribution in [0.4, 0.5) is 0 Å². The third-order valence-corrected chi connectivity index (χ3v) is 3.10. The molecule has 0 radical (unpaired) electrons. The van der Waals surface area contributed by atoms with Gasteiger partial charge < -0.3 is 9.88 Å². The van der Waals surface area contributed by atoms with E-state index in [0.29, 0.717) is 0 Å². The third kappa shape index (κ3) is 2.94. The number of rotatable bonds is 4. The second-order valence-corrected chi connectivity index (χ2v) is 4.48. The number of hydrogen-bond donors (Lipinski definition) is 1. The van der Waals surface area contributed by atoms with E-state index in [1.807, 2.05) is 24.0 Å². The SMILES string of the molecule is Cc1ccc(CNCc2nccn2C)cc1C. The van der Waals surface area contributed by atoms with Crippen molar-refractivity contribution in [1.82, 2.24) is 14.9 Å². The highest BCUT2D eigenvalue weighted by Gasteiger charge is 1.99. The van der Waals surface area contributed by atoms with Gasteiger partial charge in [0.05, 0.1) is 6.54 Å². The molecule has 1 aromatic heterocycles. The first-order valence-corrected chi connectivity index (χ1v) is 5.90. The summed E-state index contributed by atoms with van der Waals surface area (Å²) in [5.74, 6) is 1.06. The number of imidazole rings is 1. The fourth-order valence-corrected chi connectivity index (χ4v) is 1.80. The summed E-state index contributed by atoms with van der Waals surface area (Å²) in [4.78, 5) is 4.28. The lowest BCUT2D eigenvalue weighted by Gasteiger charge is -2.07. The van der Waals surface area contributed by atoms with E-state index in [-0.39, 0.29) is 0 Å². The van der Waals surface area contributed by atoms with Gasteiger partial charge in [-0.05, 0) is 30.5 Å². The van der Waals surface area contributed by atoms with Crippen LogP contribution in [0.15, 0.2) is 30.6 Å². The highest BCUT2D eigenvalue weighted by atomic mass is 15.1. The molecule has 0 spiro atoms. The summed E-state index contributed by atoms with van der Waals surface area (Å²) in [7, 11) is 2.01. The maximum Gasteiger partial charge on any atom is 0.122 e. The van der Waals surface area contributed by atoms with E-state index in [1.54, 1.807) is 0 Å². The lowest BCUT2D eigenvalue weighted by molar-refractivity contribution is 0.638. The zero-order valence-corrected chi connectivity index (χ0v) is 10.7. The predicted molar refractivity (Wildman–Crippen MR) is 69.7 cm³/mol. The molecular formula is C14H19N3. The Bertz CT molecular complexity index is 500. The minimum absolute atomic E-state index is 0.802. The molecule has 0 aliphatic carbocycles. The zero-order chi connectivity index (χ0) is 12.3. The van der Waals surface area contributed by atoms with Gasteiger partial charge in [0.1, 0.15) is 5.82 Å². The van der Waals surface area contributed by atoms with E-state index in [1.165, 1.54) is 16.7 Å². The number of nitrogens with zero attached hydrogens (tertiary/aromatic N) is 2. The summed E-state index contributed by atoms with van der Waals surface area (Å²) < 4.78 is 2.04. The van der Waals surface area contributed by atoms with Crippen LogP contribution in [0.3, 0.4) is 0 Å². The van der Waals surface area contributed by atoms with E-state index >= 15 is 0 Å². The lowest BCUT2D eigenvalue weighted by atomic mass is 10.1. The largest absolute Gasteiger partial charge is 0.337 e. The van der Waals surface area contributed by atoms with Crippen LogP contribution in [0.25, 0.3) is 0 Å². The van der Waals surface area contributed by atoms with Gasteiger partial charge in [0.15, 0.2) is 0 Å². The van der Waals surface area contributed by atoms with Crippen LogP contribution in [0.2, 0.25) is 0 Å². The van der Waals surface area contributed by atoms with E-state index < -0.39 is 0 Å². The molecule has 1 N–H and O–H groups in total. The number of hydrogen-bond acceptors (Lipinski definition) is 2. The van der Waals surface area contributed by atoms with Crippen molar-refractivity contribution in [3.8, 4) is 0 Å². The van der Waals surface area contributed by atoms with Crippen LogP contribution >= 0.6 is 0 Å². The van der Waals surface area contributed by atoms with Crippen LogP contribution in [0, 0.1) is 13.8 Å². The maximum atomic E-state index is 4.28. The van der Waals surface area contributed by atoms with Crippen molar-refractivity contribution in [3.05, 3.63) is 53.1 Å². The summed E-state index contributed by atoms with van der Waals surface area (Å²) in [5.41, 5.74) is 4.02. The second-order valence-electron chi connectivity index (χ2n) is 4.48. The molecule has 2 aromatic rings. The molecule has 1 aromatic carbocycles. The molecule has 2 rings (SSSR count). The van der Waals surface area contributed by atoms with Gasteiger partial charge in [-0.25, -0.2) is 4.98 Å². The molecular weight excluding hydrogens is 210 g/mol. The first-order chi connectivity index (χ1) is 8.16. The average Bonchev–Trinajstić information content (AvgIpc) is 2.70. The molecule has 1 heterocycles. The van der Waals surface area contributed by atoms with Crippen LogP contribution in [0.5, 0.6) is 0 Å². The summed E-state index contributed by atoms with van der Waals surface area (Å²) in [5, 5.41) is 3.41. The molecule has 0 aliphatic heterocycles. The van der Waals surface area contributed by atoms with Crippen LogP contribution in [0.1, 0.15) is 22.5 Å². The molecule has 3 nitrogen and oxygen atoms in total. The number of aryl methyl sites for hydroxylation is 3. The molecule has 0 fully saturated rings. The Morgan fingerprint density at radius 1 is 1.18 bits per heavy atom. The number of benzene rings is 1. The van der Waals surface area contributed by atoms with Gasteiger partial charge in [0.25, 0.3) is 0 Å². The second kappa shape index (κ2) is 5.15. The summed E-state index contributed by atoms with van der Waals surface area (Å²) in [6.07, 6.45) is 3.79. The zero-order valence-electron chi connectivity index (χ0n) is 10.7. The summed E-state index contributed by atoms with van der Waals surface area (Å²) in [6, 6.07) is 6.58. The molecule has 0 atom stereocenters. The van der Waals surface area contributed by atoms with Crippen molar-refractivity contribution < 1.29 is 0 Å².